The molecule has 0 radical (unpaired) electrons. The fourth-order valence-electron chi connectivity index (χ4n) is 0.990. The van der Waals surface area contributed by atoms with Crippen molar-refractivity contribution >= 4 is 11.6 Å². The Labute approximate surface area is 86.2 Å². The molecule has 0 saturated heterocycles. The topological polar surface area (TPSA) is 70.7 Å². The Morgan fingerprint density at radius 1 is 0.933 bits per heavy atom. The number of phenols is 1. The molecule has 1 heterocycles. The summed E-state index contributed by atoms with van der Waals surface area (Å²) < 4.78 is 0. The number of nitrogens with zero attached hydrogens (tertiary/aromatic N) is 4. The van der Waals surface area contributed by atoms with Gasteiger partial charge in [-0.05, 0) is 18.2 Å². The van der Waals surface area contributed by atoms with Gasteiger partial charge in [-0.15, -0.1) is 10.2 Å². The predicted molar refractivity (Wildman–Crippen MR) is 54.3 cm³/mol. The maximum atomic E-state index is 9.39. The molecule has 0 atom stereocenters. The van der Waals surface area contributed by atoms with E-state index in [4.69, 9.17) is 0 Å². The van der Waals surface area contributed by atoms with Crippen LogP contribution in [0.3, 0.4) is 0 Å². The molecule has 2 aromatic rings. The van der Waals surface area contributed by atoms with E-state index in [0.29, 0.717) is 5.69 Å². The molecule has 1 aromatic carbocycles. The molecule has 5 heteroatoms. The highest BCUT2D eigenvalue weighted by molar-refractivity contribution is 5.49. The van der Waals surface area contributed by atoms with Gasteiger partial charge in [0.05, 0.1) is 0 Å². The SMILES string of the molecule is Oc1ccccc1N=Nc1ncccn1. The second-order valence-electron chi connectivity index (χ2n) is 2.74. The minimum absolute atomic E-state index is 0.0807. The molecule has 1 N–H and O–H groups in total. The van der Waals surface area contributed by atoms with Gasteiger partial charge in [0.25, 0.3) is 5.95 Å². The summed E-state index contributed by atoms with van der Waals surface area (Å²) in [6.07, 6.45) is 3.15. The van der Waals surface area contributed by atoms with E-state index in [-0.39, 0.29) is 11.7 Å². The molecule has 0 spiro atoms. The normalized spacial score (nSPS) is 10.7. The minimum Gasteiger partial charge on any atom is -0.506 e. The second kappa shape index (κ2) is 4.28. The van der Waals surface area contributed by atoms with Gasteiger partial charge in [-0.3, -0.25) is 0 Å². The highest BCUT2D eigenvalue weighted by atomic mass is 16.3. The van der Waals surface area contributed by atoms with E-state index in [1.165, 1.54) is 0 Å². The smallest absolute Gasteiger partial charge is 0.268 e. The first-order chi connectivity index (χ1) is 7.36. The van der Waals surface area contributed by atoms with Gasteiger partial charge >= 0.3 is 0 Å². The number of benzene rings is 1. The van der Waals surface area contributed by atoms with Crippen LogP contribution in [0.4, 0.5) is 11.6 Å². The van der Waals surface area contributed by atoms with Crippen LogP contribution in [0, 0.1) is 0 Å². The Kier molecular flexibility index (Phi) is 2.64. The van der Waals surface area contributed by atoms with Crippen LogP contribution < -0.4 is 0 Å². The van der Waals surface area contributed by atoms with Gasteiger partial charge in [-0.1, -0.05) is 12.1 Å². The zero-order chi connectivity index (χ0) is 10.5. The molecule has 2 rings (SSSR count). The number of aromatic nitrogens is 2. The number of azo groups is 1. The van der Waals surface area contributed by atoms with E-state index in [0.717, 1.165) is 0 Å². The predicted octanol–water partition coefficient (Wildman–Crippen LogP) is 2.60. The quantitative estimate of drug-likeness (QED) is 0.757. The summed E-state index contributed by atoms with van der Waals surface area (Å²) in [5, 5.41) is 17.0. The van der Waals surface area contributed by atoms with Crippen LogP contribution >= 0.6 is 0 Å². The van der Waals surface area contributed by atoms with Crippen LogP contribution in [0.1, 0.15) is 0 Å². The molecule has 0 unspecified atom stereocenters. The summed E-state index contributed by atoms with van der Waals surface area (Å²) in [5.74, 6) is 0.345. The molecule has 0 amide bonds. The third kappa shape index (κ3) is 2.34. The van der Waals surface area contributed by atoms with Gasteiger partial charge < -0.3 is 5.11 Å². The third-order valence-corrected chi connectivity index (χ3v) is 1.68. The van der Waals surface area contributed by atoms with Crippen LogP contribution in [0.2, 0.25) is 0 Å². The Balaban J connectivity index is 2.23. The monoisotopic (exact) mass is 200 g/mol. The number of aromatic hydroxyl groups is 1. The molecule has 0 aliphatic rings. The molecular formula is C10H8N4O. The maximum Gasteiger partial charge on any atom is 0.268 e. The second-order valence-corrected chi connectivity index (χ2v) is 2.74. The maximum absolute atomic E-state index is 9.39. The van der Waals surface area contributed by atoms with Crippen molar-refractivity contribution in [2.24, 2.45) is 10.2 Å². The van der Waals surface area contributed by atoms with Crippen LogP contribution in [-0.4, -0.2) is 15.1 Å². The summed E-state index contributed by atoms with van der Waals surface area (Å²) in [6, 6.07) is 8.37. The van der Waals surface area contributed by atoms with E-state index in [1.54, 1.807) is 42.7 Å². The van der Waals surface area contributed by atoms with Crippen LogP contribution in [0.25, 0.3) is 0 Å². The van der Waals surface area contributed by atoms with Gasteiger partial charge in [0.1, 0.15) is 11.4 Å². The van der Waals surface area contributed by atoms with Crippen molar-refractivity contribution in [2.45, 2.75) is 0 Å². The first kappa shape index (κ1) is 9.26. The fraction of sp³-hybridized carbons (Fsp3) is 0. The third-order valence-electron chi connectivity index (χ3n) is 1.68. The molecule has 1 aromatic heterocycles. The highest BCUT2D eigenvalue weighted by Crippen LogP contribution is 2.25. The molecule has 0 saturated carbocycles. The van der Waals surface area contributed by atoms with Crippen LogP contribution in [-0.2, 0) is 0 Å². The molecule has 5 nitrogen and oxygen atoms in total. The Bertz CT molecular complexity index is 470. The Morgan fingerprint density at radius 2 is 1.67 bits per heavy atom. The molecule has 0 bridgehead atoms. The van der Waals surface area contributed by atoms with E-state index in [9.17, 15) is 5.11 Å². The highest BCUT2D eigenvalue weighted by Gasteiger charge is 1.96. The Hall–Kier alpha value is -2.30. The van der Waals surface area contributed by atoms with Crippen molar-refractivity contribution in [3.05, 3.63) is 42.7 Å². The number of para-hydroxylation sites is 1. The van der Waals surface area contributed by atoms with Crippen molar-refractivity contribution < 1.29 is 5.11 Å². The zero-order valence-electron chi connectivity index (χ0n) is 7.78. The minimum atomic E-state index is 0.0807. The van der Waals surface area contributed by atoms with E-state index >= 15 is 0 Å². The largest absolute Gasteiger partial charge is 0.506 e. The number of phenolic OH excluding ortho intramolecular Hbond substituents is 1. The van der Waals surface area contributed by atoms with Crippen molar-refractivity contribution in [1.82, 2.24) is 9.97 Å². The van der Waals surface area contributed by atoms with Crippen molar-refractivity contribution in [2.75, 3.05) is 0 Å². The molecule has 0 aliphatic heterocycles. The summed E-state index contributed by atoms with van der Waals surface area (Å²) in [6.45, 7) is 0. The zero-order valence-corrected chi connectivity index (χ0v) is 7.78. The van der Waals surface area contributed by atoms with Gasteiger partial charge in [-0.25, -0.2) is 9.97 Å². The van der Waals surface area contributed by atoms with E-state index in [2.05, 4.69) is 20.2 Å². The summed E-state index contributed by atoms with van der Waals surface area (Å²) >= 11 is 0. The molecular weight excluding hydrogens is 192 g/mol. The van der Waals surface area contributed by atoms with E-state index < -0.39 is 0 Å². The number of hydrogen-bond donors (Lipinski definition) is 1. The van der Waals surface area contributed by atoms with Crippen molar-refractivity contribution in [1.29, 1.82) is 0 Å². The van der Waals surface area contributed by atoms with Crippen LogP contribution in [0.5, 0.6) is 5.75 Å². The van der Waals surface area contributed by atoms with Gasteiger partial charge in [0, 0.05) is 12.4 Å². The lowest BCUT2D eigenvalue weighted by Crippen LogP contribution is -1.75. The average molecular weight is 200 g/mol. The lowest BCUT2D eigenvalue weighted by molar-refractivity contribution is 0.476. The average Bonchev–Trinajstić information content (AvgIpc) is 2.29. The molecule has 74 valence electrons. The molecule has 0 aliphatic carbocycles. The van der Waals surface area contributed by atoms with E-state index in [1.807, 2.05) is 0 Å². The number of hydrogen-bond acceptors (Lipinski definition) is 5. The molecule has 15 heavy (non-hydrogen) atoms. The van der Waals surface area contributed by atoms with Crippen molar-refractivity contribution in [3.8, 4) is 5.75 Å². The summed E-state index contributed by atoms with van der Waals surface area (Å²) in [4.78, 5) is 7.74. The lowest BCUT2D eigenvalue weighted by atomic mass is 10.3. The van der Waals surface area contributed by atoms with Crippen molar-refractivity contribution in [3.63, 3.8) is 0 Å². The first-order valence-electron chi connectivity index (χ1n) is 4.33. The molecule has 0 fully saturated rings. The summed E-state index contributed by atoms with van der Waals surface area (Å²) in [5.41, 5.74) is 0.393. The number of rotatable bonds is 2. The first-order valence-corrected chi connectivity index (χ1v) is 4.33. The fourth-order valence-corrected chi connectivity index (χ4v) is 0.990. The van der Waals surface area contributed by atoms with Gasteiger partial charge in [0.15, 0.2) is 0 Å². The summed E-state index contributed by atoms with van der Waals surface area (Å²) in [7, 11) is 0. The standard InChI is InChI=1S/C10H8N4O/c15-9-5-2-1-4-8(9)13-14-10-11-6-3-7-12-10/h1-7,15H. The Morgan fingerprint density at radius 3 is 2.40 bits per heavy atom. The van der Waals surface area contributed by atoms with Gasteiger partial charge in [0.2, 0.25) is 0 Å². The lowest BCUT2D eigenvalue weighted by Gasteiger charge is -1.94. The van der Waals surface area contributed by atoms with Gasteiger partial charge in [-0.2, -0.15) is 0 Å². The van der Waals surface area contributed by atoms with Crippen LogP contribution in [0.15, 0.2) is 53.0 Å².